The fourth-order valence-corrected chi connectivity index (χ4v) is 4.72. The fraction of sp³-hybridized carbons (Fsp3) is 0.478. The smallest absolute Gasteiger partial charge is 0.137 e. The Balaban J connectivity index is 1.55. The Morgan fingerprint density at radius 1 is 1.14 bits per heavy atom. The van der Waals surface area contributed by atoms with Gasteiger partial charge in [-0.15, -0.1) is 0 Å². The molecule has 3 aromatic rings. The molecule has 0 aliphatic heterocycles. The van der Waals surface area contributed by atoms with E-state index in [1.54, 1.807) is 12.7 Å². The summed E-state index contributed by atoms with van der Waals surface area (Å²) in [6.45, 7) is 5.94. The zero-order chi connectivity index (χ0) is 19.6. The van der Waals surface area contributed by atoms with E-state index in [1.165, 1.54) is 16.3 Å². The Hall–Kier alpha value is -2.24. The second-order valence-electron chi connectivity index (χ2n) is 8.45. The second-order valence-corrected chi connectivity index (χ2v) is 8.45. The minimum Gasteiger partial charge on any atom is -0.380 e. The van der Waals surface area contributed by atoms with Crippen molar-refractivity contribution in [1.29, 1.82) is 0 Å². The molecule has 1 aliphatic rings. The second kappa shape index (κ2) is 8.02. The van der Waals surface area contributed by atoms with Gasteiger partial charge in [-0.25, -0.2) is 4.98 Å². The Morgan fingerprint density at radius 2 is 1.96 bits per heavy atom. The molecule has 5 nitrogen and oxygen atoms in total. The Morgan fingerprint density at radius 3 is 2.75 bits per heavy atom. The largest absolute Gasteiger partial charge is 0.380 e. The van der Waals surface area contributed by atoms with E-state index in [9.17, 15) is 0 Å². The summed E-state index contributed by atoms with van der Waals surface area (Å²) in [4.78, 5) is 4.10. The Kier molecular flexibility index (Phi) is 5.47. The highest BCUT2D eigenvalue weighted by molar-refractivity contribution is 5.85. The quantitative estimate of drug-likeness (QED) is 0.634. The van der Waals surface area contributed by atoms with E-state index in [-0.39, 0.29) is 23.5 Å². The number of benzene rings is 2. The van der Waals surface area contributed by atoms with Crippen LogP contribution in [-0.2, 0) is 22.6 Å². The van der Waals surface area contributed by atoms with Crippen LogP contribution in [-0.4, -0.2) is 34.1 Å². The normalized spacial score (nSPS) is 24.5. The molecule has 1 aromatic heterocycles. The van der Waals surface area contributed by atoms with Crippen LogP contribution in [0.15, 0.2) is 55.1 Å². The Labute approximate surface area is 166 Å². The first-order valence-electron chi connectivity index (χ1n) is 10.0. The minimum absolute atomic E-state index is 0.110. The average molecular weight is 380 g/mol. The first kappa shape index (κ1) is 19.1. The first-order valence-corrected chi connectivity index (χ1v) is 10.0. The third-order valence-corrected chi connectivity index (χ3v) is 6.16. The number of fused-ring (bicyclic) bond motifs is 1. The summed E-state index contributed by atoms with van der Waals surface area (Å²) in [5.41, 5.74) is 1.34. The van der Waals surface area contributed by atoms with Gasteiger partial charge in [0.15, 0.2) is 0 Å². The first-order chi connectivity index (χ1) is 13.6. The van der Waals surface area contributed by atoms with Crippen molar-refractivity contribution >= 4 is 10.8 Å². The number of hydrogen-bond donors (Lipinski definition) is 0. The van der Waals surface area contributed by atoms with Crippen LogP contribution in [0.5, 0.6) is 0 Å². The minimum atomic E-state index is 0.110. The molecule has 1 saturated carbocycles. The van der Waals surface area contributed by atoms with Crippen LogP contribution < -0.4 is 0 Å². The van der Waals surface area contributed by atoms with Crippen molar-refractivity contribution in [3.63, 3.8) is 0 Å². The van der Waals surface area contributed by atoms with Gasteiger partial charge in [0, 0.05) is 13.0 Å². The zero-order valence-electron chi connectivity index (χ0n) is 16.9. The number of ether oxygens (including phenoxy) is 2. The third kappa shape index (κ3) is 3.82. The number of methoxy groups -OCH3 is 1. The van der Waals surface area contributed by atoms with Crippen LogP contribution in [0.3, 0.4) is 0 Å². The van der Waals surface area contributed by atoms with Crippen LogP contribution in [0.2, 0.25) is 0 Å². The summed E-state index contributed by atoms with van der Waals surface area (Å²) in [5, 5.41) is 6.83. The fourth-order valence-electron chi connectivity index (χ4n) is 4.72. The molecule has 0 unspecified atom stereocenters. The molecule has 4 rings (SSSR count). The third-order valence-electron chi connectivity index (χ3n) is 6.16. The van der Waals surface area contributed by atoms with E-state index in [0.29, 0.717) is 6.61 Å². The maximum Gasteiger partial charge on any atom is 0.137 e. The maximum atomic E-state index is 6.52. The van der Waals surface area contributed by atoms with Gasteiger partial charge >= 0.3 is 0 Å². The lowest BCUT2D eigenvalue weighted by Crippen LogP contribution is -2.50. The lowest BCUT2D eigenvalue weighted by atomic mass is 9.68. The van der Waals surface area contributed by atoms with Crippen LogP contribution in [0, 0.1) is 11.3 Å². The highest BCUT2D eigenvalue weighted by Gasteiger charge is 2.45. The van der Waals surface area contributed by atoms with Crippen molar-refractivity contribution in [3.05, 3.63) is 60.7 Å². The predicted octanol–water partition coefficient (Wildman–Crippen LogP) is 4.47. The number of hydrogen-bond acceptors (Lipinski definition) is 4. The summed E-state index contributed by atoms with van der Waals surface area (Å²) in [7, 11) is 1.81. The molecule has 148 valence electrons. The molecule has 1 aliphatic carbocycles. The molecule has 0 spiro atoms. The van der Waals surface area contributed by atoms with Gasteiger partial charge < -0.3 is 9.47 Å². The van der Waals surface area contributed by atoms with Gasteiger partial charge in [-0.2, -0.15) is 5.10 Å². The van der Waals surface area contributed by atoms with Crippen LogP contribution >= 0.6 is 0 Å². The molecule has 1 heterocycles. The van der Waals surface area contributed by atoms with Crippen LogP contribution in [0.25, 0.3) is 10.8 Å². The predicted molar refractivity (Wildman–Crippen MR) is 110 cm³/mol. The van der Waals surface area contributed by atoms with Crippen molar-refractivity contribution < 1.29 is 9.47 Å². The molecule has 28 heavy (non-hydrogen) atoms. The lowest BCUT2D eigenvalue weighted by Gasteiger charge is -2.46. The summed E-state index contributed by atoms with van der Waals surface area (Å²) in [6.07, 6.45) is 5.71. The lowest BCUT2D eigenvalue weighted by molar-refractivity contribution is -0.140. The van der Waals surface area contributed by atoms with Crippen LogP contribution in [0.4, 0.5) is 0 Å². The standard InChI is InChI=1S/C23H29N3O2/c1-23(2)12-11-21(20(22(23)27-3)13-26-16-24-15-25-26)28-14-18-9-6-8-17-7-4-5-10-19(17)18/h4-10,15-16,20-22H,11-14H2,1-3H3/t20-,21-,22-/m1/s1. The van der Waals surface area contributed by atoms with Gasteiger partial charge in [0.05, 0.1) is 25.4 Å². The maximum absolute atomic E-state index is 6.52. The molecule has 0 saturated heterocycles. The van der Waals surface area contributed by atoms with Gasteiger partial charge in [0.25, 0.3) is 0 Å². The molecule has 0 bridgehead atoms. The summed E-state index contributed by atoms with van der Waals surface area (Å²) in [5.74, 6) is 0.227. The van der Waals surface area contributed by atoms with Gasteiger partial charge in [0.1, 0.15) is 12.7 Å². The molecule has 5 heteroatoms. The molecule has 0 radical (unpaired) electrons. The zero-order valence-corrected chi connectivity index (χ0v) is 16.9. The number of aromatic nitrogens is 3. The Bertz CT molecular complexity index is 902. The average Bonchev–Trinajstić information content (AvgIpc) is 3.20. The summed E-state index contributed by atoms with van der Waals surface area (Å²) in [6, 6.07) is 14.9. The molecule has 1 fully saturated rings. The number of nitrogens with zero attached hydrogens (tertiary/aromatic N) is 3. The SMILES string of the molecule is CO[C@@H]1[C@H](Cn2cncn2)[C@H](OCc2cccc3ccccc23)CCC1(C)C. The molecule has 0 N–H and O–H groups in total. The van der Waals surface area contributed by atoms with Crippen LogP contribution in [0.1, 0.15) is 32.3 Å². The topological polar surface area (TPSA) is 49.2 Å². The molecule has 3 atom stereocenters. The van der Waals surface area contributed by atoms with E-state index in [0.717, 1.165) is 19.4 Å². The van der Waals surface area contributed by atoms with Gasteiger partial charge in [-0.3, -0.25) is 4.68 Å². The molecular formula is C23H29N3O2. The van der Waals surface area contributed by atoms with Crippen molar-refractivity contribution in [2.45, 2.75) is 52.0 Å². The van der Waals surface area contributed by atoms with E-state index < -0.39 is 0 Å². The molecule has 0 amide bonds. The summed E-state index contributed by atoms with van der Waals surface area (Å²) >= 11 is 0. The van der Waals surface area contributed by atoms with Gasteiger partial charge in [-0.05, 0) is 34.6 Å². The highest BCUT2D eigenvalue weighted by Crippen LogP contribution is 2.43. The van der Waals surface area contributed by atoms with E-state index in [2.05, 4.69) is 66.4 Å². The van der Waals surface area contributed by atoms with Crippen molar-refractivity contribution in [2.75, 3.05) is 7.11 Å². The molecular weight excluding hydrogens is 350 g/mol. The van der Waals surface area contributed by atoms with Gasteiger partial charge in [-0.1, -0.05) is 56.3 Å². The van der Waals surface area contributed by atoms with Gasteiger partial charge in [0.2, 0.25) is 0 Å². The van der Waals surface area contributed by atoms with Crippen molar-refractivity contribution in [2.24, 2.45) is 11.3 Å². The highest BCUT2D eigenvalue weighted by atomic mass is 16.5. The van der Waals surface area contributed by atoms with E-state index >= 15 is 0 Å². The molecule has 2 aromatic carbocycles. The van der Waals surface area contributed by atoms with Crippen molar-refractivity contribution in [3.8, 4) is 0 Å². The summed E-state index contributed by atoms with van der Waals surface area (Å²) < 4.78 is 14.4. The van der Waals surface area contributed by atoms with Crippen molar-refractivity contribution in [1.82, 2.24) is 14.8 Å². The number of rotatable bonds is 6. The van der Waals surface area contributed by atoms with E-state index in [1.807, 2.05) is 11.8 Å². The monoisotopic (exact) mass is 379 g/mol. The van der Waals surface area contributed by atoms with E-state index in [4.69, 9.17) is 9.47 Å².